The van der Waals surface area contributed by atoms with Gasteiger partial charge in [-0.1, -0.05) is 34.1 Å². The third kappa shape index (κ3) is 3.46. The minimum absolute atomic E-state index is 0.369. The highest BCUT2D eigenvalue weighted by atomic mass is 15.3. The summed E-state index contributed by atoms with van der Waals surface area (Å²) in [6.45, 7) is 16.4. The second-order valence-electron chi connectivity index (χ2n) is 6.57. The van der Waals surface area contributed by atoms with Crippen LogP contribution >= 0.6 is 0 Å². The highest BCUT2D eigenvalue weighted by molar-refractivity contribution is 4.93. The highest BCUT2D eigenvalue weighted by Crippen LogP contribution is 2.28. The summed E-state index contributed by atoms with van der Waals surface area (Å²) >= 11 is 0. The maximum atomic E-state index is 3.72. The minimum Gasteiger partial charge on any atom is -0.311 e. The minimum atomic E-state index is 0.369. The van der Waals surface area contributed by atoms with E-state index in [2.05, 4.69) is 51.8 Å². The van der Waals surface area contributed by atoms with Crippen LogP contribution in [0.1, 0.15) is 54.4 Å². The van der Waals surface area contributed by atoms with Gasteiger partial charge < -0.3 is 5.32 Å². The molecule has 1 aliphatic heterocycles. The molecule has 0 aromatic heterocycles. The standard InChI is InChI=1S/C14H30N2/c1-7-8-12-10-16(11(2)3)13(9-15-12)14(4,5)6/h11-13,15H,7-10H2,1-6H3. The molecule has 2 unspecified atom stereocenters. The van der Waals surface area contributed by atoms with Gasteiger partial charge in [0.1, 0.15) is 0 Å². The van der Waals surface area contributed by atoms with Crippen molar-refractivity contribution in [1.29, 1.82) is 0 Å². The number of hydrogen-bond donors (Lipinski definition) is 1. The molecule has 1 saturated heterocycles. The topological polar surface area (TPSA) is 15.3 Å². The fraction of sp³-hybridized carbons (Fsp3) is 1.00. The first kappa shape index (κ1) is 14.0. The van der Waals surface area contributed by atoms with Gasteiger partial charge in [-0.25, -0.2) is 0 Å². The van der Waals surface area contributed by atoms with Gasteiger partial charge in [-0.05, 0) is 25.7 Å². The van der Waals surface area contributed by atoms with Crippen molar-refractivity contribution in [3.63, 3.8) is 0 Å². The molecule has 1 aliphatic rings. The van der Waals surface area contributed by atoms with E-state index in [1.807, 2.05) is 0 Å². The Morgan fingerprint density at radius 1 is 1.31 bits per heavy atom. The number of nitrogens with one attached hydrogen (secondary N) is 1. The molecule has 0 spiro atoms. The predicted octanol–water partition coefficient (Wildman–Crippen LogP) is 2.88. The maximum Gasteiger partial charge on any atom is 0.0272 e. The molecule has 0 amide bonds. The zero-order valence-corrected chi connectivity index (χ0v) is 12.0. The third-order valence-electron chi connectivity index (χ3n) is 3.73. The van der Waals surface area contributed by atoms with Crippen LogP contribution in [0.25, 0.3) is 0 Å². The van der Waals surface area contributed by atoms with Gasteiger partial charge in [0.05, 0.1) is 0 Å². The van der Waals surface area contributed by atoms with E-state index in [-0.39, 0.29) is 0 Å². The summed E-state index contributed by atoms with van der Waals surface area (Å²) in [5.41, 5.74) is 0.369. The van der Waals surface area contributed by atoms with Crippen molar-refractivity contribution in [3.8, 4) is 0 Å². The Bertz CT molecular complexity index is 205. The van der Waals surface area contributed by atoms with Crippen LogP contribution < -0.4 is 5.32 Å². The molecule has 16 heavy (non-hydrogen) atoms. The summed E-state index contributed by atoms with van der Waals surface area (Å²) < 4.78 is 0. The van der Waals surface area contributed by atoms with E-state index >= 15 is 0 Å². The summed E-state index contributed by atoms with van der Waals surface area (Å²) in [5.74, 6) is 0. The van der Waals surface area contributed by atoms with Crippen molar-refractivity contribution in [2.75, 3.05) is 13.1 Å². The predicted molar refractivity (Wildman–Crippen MR) is 71.8 cm³/mol. The molecule has 0 radical (unpaired) electrons. The summed E-state index contributed by atoms with van der Waals surface area (Å²) in [5, 5.41) is 3.72. The Morgan fingerprint density at radius 3 is 2.38 bits per heavy atom. The van der Waals surface area contributed by atoms with Crippen LogP contribution in [0.5, 0.6) is 0 Å². The zero-order chi connectivity index (χ0) is 12.3. The molecule has 0 saturated carbocycles. The second kappa shape index (κ2) is 5.50. The van der Waals surface area contributed by atoms with Gasteiger partial charge in [0, 0.05) is 31.2 Å². The van der Waals surface area contributed by atoms with Gasteiger partial charge in [0.2, 0.25) is 0 Å². The number of rotatable bonds is 3. The highest BCUT2D eigenvalue weighted by Gasteiger charge is 2.36. The van der Waals surface area contributed by atoms with E-state index < -0.39 is 0 Å². The maximum absolute atomic E-state index is 3.72. The van der Waals surface area contributed by atoms with Crippen molar-refractivity contribution >= 4 is 0 Å². The fourth-order valence-corrected chi connectivity index (χ4v) is 2.76. The number of nitrogens with zero attached hydrogens (tertiary/aromatic N) is 1. The lowest BCUT2D eigenvalue weighted by molar-refractivity contribution is 0.0299. The molecule has 2 nitrogen and oxygen atoms in total. The van der Waals surface area contributed by atoms with Crippen LogP contribution in [0.15, 0.2) is 0 Å². The summed E-state index contributed by atoms with van der Waals surface area (Å²) in [4.78, 5) is 2.69. The molecule has 0 aromatic carbocycles. The van der Waals surface area contributed by atoms with E-state index in [4.69, 9.17) is 0 Å². The summed E-state index contributed by atoms with van der Waals surface area (Å²) in [7, 11) is 0. The number of hydrogen-bond acceptors (Lipinski definition) is 2. The lowest BCUT2D eigenvalue weighted by Crippen LogP contribution is -2.62. The van der Waals surface area contributed by atoms with E-state index in [0.29, 0.717) is 23.5 Å². The molecule has 1 N–H and O–H groups in total. The molecule has 96 valence electrons. The first-order chi connectivity index (χ1) is 7.36. The lowest BCUT2D eigenvalue weighted by Gasteiger charge is -2.48. The monoisotopic (exact) mass is 226 g/mol. The Balaban J connectivity index is 2.68. The van der Waals surface area contributed by atoms with Crippen LogP contribution in [0.3, 0.4) is 0 Å². The Kier molecular flexibility index (Phi) is 4.81. The van der Waals surface area contributed by atoms with E-state index in [1.54, 1.807) is 0 Å². The summed E-state index contributed by atoms with van der Waals surface area (Å²) in [6, 6.07) is 2.03. The normalized spacial score (nSPS) is 28.7. The number of piperazine rings is 1. The van der Waals surface area contributed by atoms with Crippen LogP contribution in [-0.2, 0) is 0 Å². The van der Waals surface area contributed by atoms with Crippen molar-refractivity contribution in [2.45, 2.75) is 72.5 Å². The molecule has 1 heterocycles. The van der Waals surface area contributed by atoms with Gasteiger partial charge in [0.25, 0.3) is 0 Å². The lowest BCUT2D eigenvalue weighted by atomic mass is 9.83. The van der Waals surface area contributed by atoms with E-state index in [9.17, 15) is 0 Å². The first-order valence-electron chi connectivity index (χ1n) is 6.85. The van der Waals surface area contributed by atoms with Gasteiger partial charge in [-0.2, -0.15) is 0 Å². The van der Waals surface area contributed by atoms with Crippen molar-refractivity contribution < 1.29 is 0 Å². The largest absolute Gasteiger partial charge is 0.311 e. The van der Waals surface area contributed by atoms with Gasteiger partial charge in [-0.15, -0.1) is 0 Å². The Labute approximate surface area is 102 Å². The fourth-order valence-electron chi connectivity index (χ4n) is 2.76. The second-order valence-corrected chi connectivity index (χ2v) is 6.57. The van der Waals surface area contributed by atoms with Crippen LogP contribution in [0.2, 0.25) is 0 Å². The first-order valence-corrected chi connectivity index (χ1v) is 6.85. The molecule has 0 bridgehead atoms. The Hall–Kier alpha value is -0.0800. The molecular weight excluding hydrogens is 196 g/mol. The quantitative estimate of drug-likeness (QED) is 0.796. The Morgan fingerprint density at radius 2 is 1.94 bits per heavy atom. The SMILES string of the molecule is CCCC1CN(C(C)C)C(C(C)(C)C)CN1. The van der Waals surface area contributed by atoms with Gasteiger partial charge >= 0.3 is 0 Å². The van der Waals surface area contributed by atoms with Crippen LogP contribution in [0.4, 0.5) is 0 Å². The average molecular weight is 226 g/mol. The molecule has 2 heteroatoms. The van der Waals surface area contributed by atoms with E-state index in [0.717, 1.165) is 6.54 Å². The van der Waals surface area contributed by atoms with Crippen molar-refractivity contribution in [3.05, 3.63) is 0 Å². The molecular formula is C14H30N2. The molecule has 1 fully saturated rings. The van der Waals surface area contributed by atoms with E-state index in [1.165, 1.54) is 19.4 Å². The summed E-state index contributed by atoms with van der Waals surface area (Å²) in [6.07, 6.45) is 2.59. The van der Waals surface area contributed by atoms with Gasteiger partial charge in [0.15, 0.2) is 0 Å². The molecule has 0 aliphatic carbocycles. The molecule has 1 rings (SSSR count). The third-order valence-corrected chi connectivity index (χ3v) is 3.73. The molecule has 2 atom stereocenters. The molecule has 0 aromatic rings. The van der Waals surface area contributed by atoms with Gasteiger partial charge in [-0.3, -0.25) is 4.90 Å². The van der Waals surface area contributed by atoms with Crippen molar-refractivity contribution in [2.24, 2.45) is 5.41 Å². The average Bonchev–Trinajstić information content (AvgIpc) is 2.16. The van der Waals surface area contributed by atoms with Crippen LogP contribution in [0, 0.1) is 5.41 Å². The van der Waals surface area contributed by atoms with Crippen LogP contribution in [-0.4, -0.2) is 36.1 Å². The zero-order valence-electron chi connectivity index (χ0n) is 12.0. The smallest absolute Gasteiger partial charge is 0.0272 e. The van der Waals surface area contributed by atoms with Crippen molar-refractivity contribution in [1.82, 2.24) is 10.2 Å².